The van der Waals surface area contributed by atoms with E-state index in [2.05, 4.69) is 8.91 Å². The van der Waals surface area contributed by atoms with Crippen molar-refractivity contribution in [3.05, 3.63) is 0 Å². The van der Waals surface area contributed by atoms with Crippen LogP contribution in [0.4, 0.5) is 0 Å². The maximum atomic E-state index is 10.9. The first-order valence-electron chi connectivity index (χ1n) is 3.68. The zero-order valence-electron chi connectivity index (χ0n) is 6.70. The topological polar surface area (TPSA) is 55.4 Å². The van der Waals surface area contributed by atoms with E-state index < -0.39 is 10.3 Å². The first-order valence-corrected chi connectivity index (χ1v) is 5.09. The summed E-state index contributed by atoms with van der Waals surface area (Å²) in [4.78, 5) is 0. The van der Waals surface area contributed by atoms with E-state index in [1.54, 1.807) is 0 Å². The van der Waals surface area contributed by atoms with Crippen molar-refractivity contribution >= 4 is 10.3 Å². The summed E-state index contributed by atoms with van der Waals surface area (Å²) < 4.78 is 28.8. The molecule has 0 unspecified atom stereocenters. The predicted octanol–water partition coefficient (Wildman–Crippen LogP) is 0.266. The van der Waals surface area contributed by atoms with Crippen LogP contribution in [0.3, 0.4) is 0 Å². The van der Waals surface area contributed by atoms with E-state index in [4.69, 9.17) is 0 Å². The lowest BCUT2D eigenvalue weighted by Crippen LogP contribution is -2.34. The molecule has 0 spiro atoms. The molecule has 1 fully saturated rings. The average Bonchev–Trinajstić information content (AvgIpc) is 1.93. The Balaban J connectivity index is 2.71. The second kappa shape index (κ2) is 3.08. The van der Waals surface area contributed by atoms with Crippen LogP contribution in [0.25, 0.3) is 0 Å². The Morgan fingerprint density at radius 2 is 2.09 bits per heavy atom. The number of hydrogen-bond acceptors (Lipinski definition) is 3. The highest BCUT2D eigenvalue weighted by Crippen LogP contribution is 2.13. The van der Waals surface area contributed by atoms with Crippen molar-refractivity contribution in [2.24, 2.45) is 5.92 Å². The van der Waals surface area contributed by atoms with Gasteiger partial charge in [0.25, 0.3) is 0 Å². The molecule has 11 heavy (non-hydrogen) atoms. The molecule has 1 aliphatic heterocycles. The minimum Gasteiger partial charge on any atom is -0.258 e. The van der Waals surface area contributed by atoms with E-state index in [0.717, 1.165) is 6.42 Å². The summed E-state index contributed by atoms with van der Waals surface area (Å²) in [5, 5.41) is 0. The standard InChI is InChI=1S/C6H13NO3S/c1-5-3-4-10-11(8,9)7-6(5)2/h5-7H,3-4H2,1-2H3/t5-,6+/m1/s1. The number of rotatable bonds is 0. The summed E-state index contributed by atoms with van der Waals surface area (Å²) in [6.45, 7) is 4.14. The van der Waals surface area contributed by atoms with Gasteiger partial charge in [0.1, 0.15) is 0 Å². The molecule has 1 saturated heterocycles. The Labute approximate surface area is 67.2 Å². The van der Waals surface area contributed by atoms with Crippen molar-refractivity contribution in [1.29, 1.82) is 0 Å². The van der Waals surface area contributed by atoms with E-state index in [1.807, 2.05) is 13.8 Å². The van der Waals surface area contributed by atoms with Crippen molar-refractivity contribution in [1.82, 2.24) is 4.72 Å². The lowest BCUT2D eigenvalue weighted by atomic mass is 10.0. The monoisotopic (exact) mass is 179 g/mol. The Morgan fingerprint density at radius 3 is 2.73 bits per heavy atom. The smallest absolute Gasteiger partial charge is 0.258 e. The van der Waals surface area contributed by atoms with Gasteiger partial charge in [-0.25, -0.2) is 0 Å². The summed E-state index contributed by atoms with van der Waals surface area (Å²) in [5.41, 5.74) is 0. The molecule has 0 radical (unpaired) electrons. The van der Waals surface area contributed by atoms with Gasteiger partial charge in [0.2, 0.25) is 0 Å². The molecule has 0 aromatic heterocycles. The third kappa shape index (κ3) is 2.43. The van der Waals surface area contributed by atoms with Crippen LogP contribution < -0.4 is 4.72 Å². The lowest BCUT2D eigenvalue weighted by Gasteiger charge is -2.14. The van der Waals surface area contributed by atoms with Crippen LogP contribution in [0, 0.1) is 5.92 Å². The predicted molar refractivity (Wildman–Crippen MR) is 41.3 cm³/mol. The maximum Gasteiger partial charge on any atom is 0.336 e. The van der Waals surface area contributed by atoms with Gasteiger partial charge in [-0.3, -0.25) is 4.18 Å². The Bertz CT molecular complexity index is 224. The lowest BCUT2D eigenvalue weighted by molar-refractivity contribution is 0.301. The molecule has 2 atom stereocenters. The fraction of sp³-hybridized carbons (Fsp3) is 1.00. The number of hydrogen-bond donors (Lipinski definition) is 1. The highest BCUT2D eigenvalue weighted by molar-refractivity contribution is 7.84. The van der Waals surface area contributed by atoms with E-state index in [9.17, 15) is 8.42 Å². The van der Waals surface area contributed by atoms with Crippen LogP contribution in [-0.4, -0.2) is 21.1 Å². The van der Waals surface area contributed by atoms with Crippen molar-refractivity contribution in [2.45, 2.75) is 26.3 Å². The Hall–Kier alpha value is -0.130. The van der Waals surface area contributed by atoms with Crippen LogP contribution in [0.1, 0.15) is 20.3 Å². The van der Waals surface area contributed by atoms with Gasteiger partial charge in [-0.05, 0) is 19.3 Å². The highest BCUT2D eigenvalue weighted by atomic mass is 32.2. The van der Waals surface area contributed by atoms with E-state index in [-0.39, 0.29) is 6.04 Å². The van der Waals surface area contributed by atoms with E-state index in [0.29, 0.717) is 12.5 Å². The first kappa shape index (κ1) is 8.96. The fourth-order valence-corrected chi connectivity index (χ4v) is 2.04. The summed E-state index contributed by atoms with van der Waals surface area (Å²) >= 11 is 0. The molecule has 0 aromatic carbocycles. The molecule has 0 aromatic rings. The zero-order valence-corrected chi connectivity index (χ0v) is 7.52. The van der Waals surface area contributed by atoms with Crippen LogP contribution in [0.5, 0.6) is 0 Å². The number of nitrogens with one attached hydrogen (secondary N) is 1. The van der Waals surface area contributed by atoms with E-state index in [1.165, 1.54) is 0 Å². The van der Waals surface area contributed by atoms with Crippen LogP contribution in [-0.2, 0) is 14.5 Å². The molecule has 4 nitrogen and oxygen atoms in total. The fourth-order valence-electron chi connectivity index (χ4n) is 0.972. The van der Waals surface area contributed by atoms with Crippen LogP contribution in [0.2, 0.25) is 0 Å². The molecule has 0 aliphatic carbocycles. The average molecular weight is 179 g/mol. The third-order valence-corrected chi connectivity index (χ3v) is 3.13. The maximum absolute atomic E-state index is 10.9. The SMILES string of the molecule is C[C@@H]1CCOS(=O)(=O)N[C@H]1C. The molecule has 0 saturated carbocycles. The van der Waals surface area contributed by atoms with Crippen LogP contribution in [0.15, 0.2) is 0 Å². The third-order valence-electron chi connectivity index (χ3n) is 2.00. The molecule has 1 N–H and O–H groups in total. The Morgan fingerprint density at radius 1 is 1.45 bits per heavy atom. The van der Waals surface area contributed by atoms with Crippen molar-refractivity contribution in [3.63, 3.8) is 0 Å². The molecule has 66 valence electrons. The minimum absolute atomic E-state index is 0.0255. The van der Waals surface area contributed by atoms with Gasteiger partial charge in [0, 0.05) is 6.04 Å². The second-order valence-electron chi connectivity index (χ2n) is 2.95. The van der Waals surface area contributed by atoms with Gasteiger partial charge < -0.3 is 0 Å². The van der Waals surface area contributed by atoms with Gasteiger partial charge in [-0.1, -0.05) is 6.92 Å². The van der Waals surface area contributed by atoms with Crippen molar-refractivity contribution < 1.29 is 12.6 Å². The minimum atomic E-state index is -3.45. The van der Waals surface area contributed by atoms with Gasteiger partial charge in [-0.15, -0.1) is 0 Å². The zero-order chi connectivity index (χ0) is 8.48. The van der Waals surface area contributed by atoms with Crippen molar-refractivity contribution in [2.75, 3.05) is 6.61 Å². The Kier molecular flexibility index (Phi) is 2.51. The normalized spacial score (nSPS) is 38.0. The molecule has 0 bridgehead atoms. The second-order valence-corrected chi connectivity index (χ2v) is 4.33. The van der Waals surface area contributed by atoms with E-state index >= 15 is 0 Å². The molecule has 1 rings (SSSR count). The quantitative estimate of drug-likeness (QED) is 0.580. The first-order chi connectivity index (χ1) is 5.01. The van der Waals surface area contributed by atoms with Crippen LogP contribution >= 0.6 is 0 Å². The largest absolute Gasteiger partial charge is 0.336 e. The summed E-state index contributed by atoms with van der Waals surface area (Å²) in [7, 11) is -3.45. The molecule has 1 heterocycles. The van der Waals surface area contributed by atoms with Gasteiger partial charge >= 0.3 is 10.3 Å². The molecular formula is C6H13NO3S. The van der Waals surface area contributed by atoms with Gasteiger partial charge in [-0.2, -0.15) is 13.1 Å². The van der Waals surface area contributed by atoms with Crippen molar-refractivity contribution in [3.8, 4) is 0 Å². The molecule has 1 aliphatic rings. The van der Waals surface area contributed by atoms with Gasteiger partial charge in [0.05, 0.1) is 6.61 Å². The molecule has 5 heteroatoms. The summed E-state index contributed by atoms with van der Waals surface area (Å²) in [6, 6.07) is -0.0255. The molecule has 0 amide bonds. The molecular weight excluding hydrogens is 166 g/mol. The summed E-state index contributed by atoms with van der Waals surface area (Å²) in [6.07, 6.45) is 0.785. The summed E-state index contributed by atoms with van der Waals surface area (Å²) in [5.74, 6) is 0.340. The van der Waals surface area contributed by atoms with Gasteiger partial charge in [0.15, 0.2) is 0 Å². The highest BCUT2D eigenvalue weighted by Gasteiger charge is 2.23.